The van der Waals surface area contributed by atoms with Crippen LogP contribution in [0, 0.1) is 11.8 Å². The average Bonchev–Trinajstić information content (AvgIpc) is 3.93. The average molecular weight is 708 g/mol. The molecule has 3 aromatic heterocycles. The highest BCUT2D eigenvalue weighted by atomic mass is 32.1. The van der Waals surface area contributed by atoms with E-state index in [0.29, 0.717) is 50.6 Å². The van der Waals surface area contributed by atoms with Gasteiger partial charge in [-0.15, -0.1) is 22.7 Å². The minimum Gasteiger partial charge on any atom is -0.506 e. The van der Waals surface area contributed by atoms with Crippen LogP contribution in [0.15, 0.2) is 64.1 Å². The van der Waals surface area contributed by atoms with Gasteiger partial charge in [-0.3, -0.25) is 4.79 Å². The van der Waals surface area contributed by atoms with E-state index in [1.807, 2.05) is 35.0 Å². The smallest absolute Gasteiger partial charge is 0.349 e. The number of hydrogen-bond acceptors (Lipinski definition) is 10. The maximum absolute atomic E-state index is 13.6. The Hall–Kier alpha value is -3.06. The number of aromatic amines is 1. The number of nitrogens with one attached hydrogen (secondary N) is 2. The van der Waals surface area contributed by atoms with Gasteiger partial charge in [-0.2, -0.15) is 0 Å². The van der Waals surface area contributed by atoms with Gasteiger partial charge in [-0.1, -0.05) is 50.3 Å². The monoisotopic (exact) mass is 707 g/mol. The van der Waals surface area contributed by atoms with Crippen molar-refractivity contribution in [2.75, 3.05) is 26.7 Å². The van der Waals surface area contributed by atoms with Gasteiger partial charge in [0.05, 0.1) is 21.4 Å². The molecular weight excluding hydrogens is 659 g/mol. The first-order valence-electron chi connectivity index (χ1n) is 17.7. The zero-order valence-electron chi connectivity index (χ0n) is 28.2. The molecule has 49 heavy (non-hydrogen) atoms. The Bertz CT molecular complexity index is 1670. The molecule has 6 rings (SSSR count). The predicted octanol–water partition coefficient (Wildman–Crippen LogP) is 6.29. The van der Waals surface area contributed by atoms with Gasteiger partial charge < -0.3 is 35.3 Å². The summed E-state index contributed by atoms with van der Waals surface area (Å²) in [6, 6.07) is 14.0. The molecule has 0 spiro atoms. The number of hydrogen-bond donors (Lipinski definition) is 5. The molecule has 264 valence electrons. The number of aliphatic hydroxyl groups excluding tert-OH is 1. The number of nitrogens with zero attached hydrogens (tertiary/aromatic N) is 1. The number of thiophene rings is 2. The first-order valence-corrected chi connectivity index (χ1v) is 19.5. The second-order valence-corrected chi connectivity index (χ2v) is 15.7. The van der Waals surface area contributed by atoms with E-state index in [0.717, 1.165) is 45.2 Å². The van der Waals surface area contributed by atoms with Crippen LogP contribution >= 0.6 is 22.7 Å². The molecule has 2 bridgehead atoms. The quantitative estimate of drug-likeness (QED) is 0.0602. The Labute approximate surface area is 296 Å². The van der Waals surface area contributed by atoms with Crippen molar-refractivity contribution in [2.24, 2.45) is 11.8 Å². The third-order valence-corrected chi connectivity index (χ3v) is 12.5. The predicted molar refractivity (Wildman–Crippen MR) is 195 cm³/mol. The second-order valence-electron chi connectivity index (χ2n) is 13.8. The molecule has 9 nitrogen and oxygen atoms in total. The summed E-state index contributed by atoms with van der Waals surface area (Å²) in [5, 5.41) is 40.2. The van der Waals surface area contributed by atoms with Crippen molar-refractivity contribution >= 4 is 39.5 Å². The van der Waals surface area contributed by atoms with Gasteiger partial charge in [0.25, 0.3) is 0 Å². The molecule has 4 aromatic rings. The SMILES string of the molecule is CN(CCCCCCCCCNC[C@H](O)c1ccc(O)c2[nH]c(=O)ccc12)C1C2CCC1C(OC(=O)C(O)(c1cccs1)c1cccs1)C2. The molecule has 0 aliphatic heterocycles. The van der Waals surface area contributed by atoms with E-state index in [4.69, 9.17) is 4.74 Å². The summed E-state index contributed by atoms with van der Waals surface area (Å²) in [7, 11) is 2.22. The molecule has 2 aliphatic rings. The molecule has 11 heteroatoms. The fraction of sp³-hybridized carbons (Fsp3) is 0.526. The van der Waals surface area contributed by atoms with E-state index in [-0.39, 0.29) is 17.4 Å². The Morgan fingerprint density at radius 1 is 1.00 bits per heavy atom. The minimum absolute atomic E-state index is 0.00622. The third kappa shape index (κ3) is 7.97. The lowest BCUT2D eigenvalue weighted by molar-refractivity contribution is -0.170. The van der Waals surface area contributed by atoms with Crippen LogP contribution in [0.25, 0.3) is 10.9 Å². The Balaban J connectivity index is 0.852. The number of H-pyrrole nitrogens is 1. The minimum atomic E-state index is -1.75. The first-order chi connectivity index (χ1) is 23.8. The van der Waals surface area contributed by atoms with Crippen molar-refractivity contribution in [3.8, 4) is 5.75 Å². The van der Waals surface area contributed by atoms with Gasteiger partial charge in [0, 0.05) is 30.0 Å². The number of rotatable bonds is 18. The van der Waals surface area contributed by atoms with Gasteiger partial charge >= 0.3 is 5.97 Å². The van der Waals surface area contributed by atoms with Crippen molar-refractivity contribution in [3.05, 3.63) is 85.0 Å². The van der Waals surface area contributed by atoms with Crippen molar-refractivity contribution in [3.63, 3.8) is 0 Å². The molecule has 2 aliphatic carbocycles. The van der Waals surface area contributed by atoms with Gasteiger partial charge in [0.1, 0.15) is 11.9 Å². The fourth-order valence-corrected chi connectivity index (χ4v) is 9.83. The highest BCUT2D eigenvalue weighted by molar-refractivity contribution is 7.12. The summed E-state index contributed by atoms with van der Waals surface area (Å²) in [5.41, 5.74) is -1.01. The van der Waals surface area contributed by atoms with Crippen LogP contribution in [-0.2, 0) is 15.1 Å². The number of aromatic nitrogens is 1. The zero-order valence-corrected chi connectivity index (χ0v) is 29.8. The fourth-order valence-electron chi connectivity index (χ4n) is 8.11. The Kier molecular flexibility index (Phi) is 11.9. The van der Waals surface area contributed by atoms with Crippen LogP contribution in [-0.4, -0.2) is 70.0 Å². The third-order valence-electron chi connectivity index (χ3n) is 10.6. The number of pyridine rings is 1. The number of aliphatic hydroxyl groups is 2. The van der Waals surface area contributed by atoms with Crippen LogP contribution in [0.1, 0.15) is 85.6 Å². The summed E-state index contributed by atoms with van der Waals surface area (Å²) >= 11 is 2.76. The highest BCUT2D eigenvalue weighted by Gasteiger charge is 2.53. The number of esters is 1. The molecule has 0 radical (unpaired) electrons. The Morgan fingerprint density at radius 3 is 2.39 bits per heavy atom. The highest BCUT2D eigenvalue weighted by Crippen LogP contribution is 2.49. The number of unbranched alkanes of at least 4 members (excludes halogenated alkanes) is 6. The number of carbonyl (C=O) groups is 1. The van der Waals surface area contributed by atoms with E-state index in [9.17, 15) is 24.9 Å². The molecule has 0 saturated heterocycles. The number of aromatic hydroxyl groups is 1. The maximum atomic E-state index is 13.6. The molecule has 5 atom stereocenters. The molecule has 2 saturated carbocycles. The summed E-state index contributed by atoms with van der Waals surface area (Å²) in [4.78, 5) is 31.6. The van der Waals surface area contributed by atoms with Gasteiger partial charge in [0.15, 0.2) is 0 Å². The number of ether oxygens (including phenoxy) is 1. The molecule has 0 amide bonds. The van der Waals surface area contributed by atoms with E-state index in [1.165, 1.54) is 66.9 Å². The summed E-state index contributed by atoms with van der Waals surface area (Å²) in [6.45, 7) is 2.28. The van der Waals surface area contributed by atoms with Gasteiger partial charge in [-0.25, -0.2) is 4.79 Å². The van der Waals surface area contributed by atoms with Crippen molar-refractivity contribution < 1.29 is 24.9 Å². The molecule has 5 N–H and O–H groups in total. The topological polar surface area (TPSA) is 135 Å². The van der Waals surface area contributed by atoms with Crippen LogP contribution in [0.2, 0.25) is 0 Å². The van der Waals surface area contributed by atoms with Gasteiger partial charge in [-0.05, 0) is 98.7 Å². The van der Waals surface area contributed by atoms with E-state index >= 15 is 0 Å². The number of fused-ring (bicyclic) bond motifs is 3. The zero-order chi connectivity index (χ0) is 34.4. The van der Waals surface area contributed by atoms with Crippen LogP contribution in [0.5, 0.6) is 5.75 Å². The molecule has 3 heterocycles. The van der Waals surface area contributed by atoms with E-state index in [1.54, 1.807) is 12.1 Å². The molecule has 4 unspecified atom stereocenters. The molecule has 2 fully saturated rings. The van der Waals surface area contributed by atoms with E-state index in [2.05, 4.69) is 22.2 Å². The number of phenols is 1. The lowest BCUT2D eigenvalue weighted by Crippen LogP contribution is -2.42. The van der Waals surface area contributed by atoms with Crippen LogP contribution < -0.4 is 10.9 Å². The number of benzene rings is 1. The van der Waals surface area contributed by atoms with Crippen molar-refractivity contribution in [1.82, 2.24) is 15.2 Å². The maximum Gasteiger partial charge on any atom is 0.349 e. The lowest BCUT2D eigenvalue weighted by atomic mass is 9.96. The summed E-state index contributed by atoms with van der Waals surface area (Å²) < 4.78 is 6.16. The number of carbonyl (C=O) groups excluding carboxylic acids is 1. The van der Waals surface area contributed by atoms with Crippen molar-refractivity contribution in [2.45, 2.75) is 88.1 Å². The second kappa shape index (κ2) is 16.3. The largest absolute Gasteiger partial charge is 0.506 e. The standard InChI is InChI=1S/C38H49N3O6S2/c1-41(36-25-13-14-28(36)31(23-25)47-37(45)38(46,32-11-9-21-48-32)33-12-10-22-49-33)20-8-6-4-2-3-5-7-19-39-24-30(43)26-15-17-29(42)35-27(26)16-18-34(44)40-35/h9-12,15-18,21-22,25,28,30-31,36,39,42-43,46H,2-8,13-14,19-20,23-24H2,1H3,(H,40,44)/t25?,28?,30-,31?,36?/m0/s1. The lowest BCUT2D eigenvalue weighted by Gasteiger charge is -2.31. The normalized spacial score (nSPS) is 21.1. The molecular formula is C38H49N3O6S2. The Morgan fingerprint density at radius 2 is 1.69 bits per heavy atom. The number of phenolic OH excluding ortho intramolecular Hbond substituents is 1. The van der Waals surface area contributed by atoms with E-state index < -0.39 is 17.7 Å². The first kappa shape index (κ1) is 35.8. The van der Waals surface area contributed by atoms with Gasteiger partial charge in [0.2, 0.25) is 11.2 Å². The van der Waals surface area contributed by atoms with Crippen LogP contribution in [0.3, 0.4) is 0 Å². The van der Waals surface area contributed by atoms with Crippen molar-refractivity contribution in [1.29, 1.82) is 0 Å². The summed E-state index contributed by atoms with van der Waals surface area (Å²) in [6.07, 6.45) is 10.4. The van der Waals surface area contributed by atoms with Crippen LogP contribution in [0.4, 0.5) is 0 Å². The summed E-state index contributed by atoms with van der Waals surface area (Å²) in [5.74, 6) is 0.293. The molecule has 1 aromatic carbocycles.